The lowest BCUT2D eigenvalue weighted by Gasteiger charge is -2.38. The van der Waals surface area contributed by atoms with Gasteiger partial charge in [-0.3, -0.25) is 14.5 Å². The Morgan fingerprint density at radius 3 is 2.43 bits per heavy atom. The molecule has 8 heteroatoms. The number of ether oxygens (including phenoxy) is 2. The number of hydrogen-bond acceptors (Lipinski definition) is 5. The van der Waals surface area contributed by atoms with E-state index in [1.165, 1.54) is 5.56 Å². The zero-order valence-corrected chi connectivity index (χ0v) is 25.8. The molecule has 3 aromatic rings. The highest BCUT2D eigenvalue weighted by Gasteiger charge is 2.36. The highest BCUT2D eigenvalue weighted by Crippen LogP contribution is 2.44. The quantitative estimate of drug-likeness (QED) is 0.309. The van der Waals surface area contributed by atoms with Crippen LogP contribution in [-0.4, -0.2) is 49.1 Å². The van der Waals surface area contributed by atoms with Gasteiger partial charge in [0.1, 0.15) is 0 Å². The molecule has 1 saturated heterocycles. The number of likely N-dealkylation sites (tertiary alicyclic amines) is 1. The molecule has 0 bridgehead atoms. The third-order valence-corrected chi connectivity index (χ3v) is 8.76. The van der Waals surface area contributed by atoms with Crippen LogP contribution in [-0.2, 0) is 16.0 Å². The molecule has 1 N–H and O–H groups in total. The van der Waals surface area contributed by atoms with Gasteiger partial charge in [-0.2, -0.15) is 0 Å². The minimum atomic E-state index is -0.357. The van der Waals surface area contributed by atoms with Crippen LogP contribution in [0.5, 0.6) is 11.5 Å². The molecular weight excluding hydrogens is 550 g/mol. The van der Waals surface area contributed by atoms with Crippen LogP contribution in [0.15, 0.2) is 60.7 Å². The minimum Gasteiger partial charge on any atom is -0.493 e. The second kappa shape index (κ2) is 12.8. The summed E-state index contributed by atoms with van der Waals surface area (Å²) in [6.07, 6.45) is 2.09. The molecule has 3 aromatic carbocycles. The highest BCUT2D eigenvalue weighted by atomic mass is 35.5. The number of nitrogens with one attached hydrogen (secondary N) is 1. The van der Waals surface area contributed by atoms with Crippen molar-refractivity contribution in [2.75, 3.05) is 25.1 Å². The molecular formula is C34H40ClN3O4. The predicted molar refractivity (Wildman–Crippen MR) is 167 cm³/mol. The third-order valence-electron chi connectivity index (χ3n) is 8.51. The molecule has 2 unspecified atom stereocenters. The van der Waals surface area contributed by atoms with Gasteiger partial charge >= 0.3 is 0 Å². The predicted octanol–water partition coefficient (Wildman–Crippen LogP) is 6.48. The van der Waals surface area contributed by atoms with Crippen LogP contribution in [0.3, 0.4) is 0 Å². The van der Waals surface area contributed by atoms with E-state index < -0.39 is 0 Å². The summed E-state index contributed by atoms with van der Waals surface area (Å²) in [6, 6.07) is 20.0. The van der Waals surface area contributed by atoms with Gasteiger partial charge in [-0.1, -0.05) is 42.8 Å². The lowest BCUT2D eigenvalue weighted by molar-refractivity contribution is -0.120. The van der Waals surface area contributed by atoms with E-state index in [2.05, 4.69) is 36.2 Å². The molecule has 2 aliphatic heterocycles. The monoisotopic (exact) mass is 589 g/mol. The Morgan fingerprint density at radius 1 is 1.07 bits per heavy atom. The Labute approximate surface area is 253 Å². The first kappa shape index (κ1) is 29.9. The van der Waals surface area contributed by atoms with Gasteiger partial charge in [0.2, 0.25) is 11.8 Å². The molecule has 0 aliphatic carbocycles. The van der Waals surface area contributed by atoms with Crippen LogP contribution in [0.25, 0.3) is 0 Å². The Morgan fingerprint density at radius 2 is 1.79 bits per heavy atom. The maximum atomic E-state index is 13.9. The number of anilines is 1. The van der Waals surface area contributed by atoms with Crippen molar-refractivity contribution in [3.05, 3.63) is 87.9 Å². The van der Waals surface area contributed by atoms with Crippen LogP contribution in [0.1, 0.15) is 74.9 Å². The van der Waals surface area contributed by atoms with E-state index in [0.29, 0.717) is 16.5 Å². The number of rotatable bonds is 9. The van der Waals surface area contributed by atoms with Crippen LogP contribution >= 0.6 is 11.6 Å². The Bertz CT molecular complexity index is 1430. The summed E-state index contributed by atoms with van der Waals surface area (Å²) < 4.78 is 11.9. The topological polar surface area (TPSA) is 71.1 Å². The molecule has 5 rings (SSSR count). The first-order chi connectivity index (χ1) is 20.2. The van der Waals surface area contributed by atoms with E-state index in [9.17, 15) is 9.59 Å². The standard InChI is InChI=1S/C34H40ClN3O4/c1-6-21(2)42-32-19-30-26(17-31(32)41-5)18-33(40)38(34(30)25-7-11-27(35)12-8-25)29-13-9-24(10-14-29)22(3)37-16-15-28(20-37)36-23(4)39/h7-14,17,19,21-22,28,34H,6,15-16,18,20H2,1-5H3,(H,36,39)/t21-,22?,28?,34-/m1/s1. The summed E-state index contributed by atoms with van der Waals surface area (Å²) >= 11 is 6.26. The summed E-state index contributed by atoms with van der Waals surface area (Å²) in [4.78, 5) is 29.6. The second-order valence-electron chi connectivity index (χ2n) is 11.4. The smallest absolute Gasteiger partial charge is 0.232 e. The summed E-state index contributed by atoms with van der Waals surface area (Å²) in [5, 5.41) is 3.68. The largest absolute Gasteiger partial charge is 0.493 e. The number of carbonyl (C=O) groups is 2. The highest BCUT2D eigenvalue weighted by molar-refractivity contribution is 6.30. The van der Waals surface area contributed by atoms with Crippen molar-refractivity contribution in [3.63, 3.8) is 0 Å². The number of methoxy groups -OCH3 is 1. The summed E-state index contributed by atoms with van der Waals surface area (Å²) in [7, 11) is 1.63. The van der Waals surface area contributed by atoms with Gasteiger partial charge < -0.3 is 19.7 Å². The van der Waals surface area contributed by atoms with E-state index in [1.807, 2.05) is 60.4 Å². The maximum Gasteiger partial charge on any atom is 0.232 e. The molecule has 222 valence electrons. The zero-order valence-electron chi connectivity index (χ0n) is 25.0. The first-order valence-corrected chi connectivity index (χ1v) is 15.1. The van der Waals surface area contributed by atoms with E-state index >= 15 is 0 Å². The molecule has 1 fully saturated rings. The van der Waals surface area contributed by atoms with Crippen molar-refractivity contribution in [3.8, 4) is 11.5 Å². The molecule has 0 radical (unpaired) electrons. The van der Waals surface area contributed by atoms with Gasteiger partial charge in [-0.15, -0.1) is 0 Å². The van der Waals surface area contributed by atoms with Crippen LogP contribution in [0.2, 0.25) is 5.02 Å². The average molecular weight is 590 g/mol. The van der Waals surface area contributed by atoms with Gasteiger partial charge in [0.15, 0.2) is 11.5 Å². The molecule has 4 atom stereocenters. The van der Waals surface area contributed by atoms with Gasteiger partial charge in [0.05, 0.1) is 25.7 Å². The van der Waals surface area contributed by atoms with Gasteiger partial charge in [0.25, 0.3) is 0 Å². The van der Waals surface area contributed by atoms with Crippen molar-refractivity contribution in [2.24, 2.45) is 0 Å². The number of benzene rings is 3. The Kier molecular flexibility index (Phi) is 9.09. The van der Waals surface area contributed by atoms with Crippen molar-refractivity contribution >= 4 is 29.1 Å². The summed E-state index contributed by atoms with van der Waals surface area (Å²) in [5.74, 6) is 1.33. The molecule has 0 saturated carbocycles. The van der Waals surface area contributed by atoms with Crippen molar-refractivity contribution < 1.29 is 19.1 Å². The van der Waals surface area contributed by atoms with Crippen LogP contribution in [0.4, 0.5) is 5.69 Å². The van der Waals surface area contributed by atoms with Gasteiger partial charge in [-0.25, -0.2) is 0 Å². The normalized spacial score (nSPS) is 20.1. The SMILES string of the molecule is CC[C@@H](C)Oc1cc2c(cc1OC)CC(=O)N(c1ccc(C(C)N3CCC(NC(C)=O)C3)cc1)[C@@H]2c1ccc(Cl)cc1. The molecule has 42 heavy (non-hydrogen) atoms. The third kappa shape index (κ3) is 6.27. The van der Waals surface area contributed by atoms with E-state index in [4.69, 9.17) is 21.1 Å². The fourth-order valence-electron chi connectivity index (χ4n) is 6.04. The minimum absolute atomic E-state index is 0.0126. The summed E-state index contributed by atoms with van der Waals surface area (Å²) in [6.45, 7) is 9.64. The molecule has 0 aromatic heterocycles. The lowest BCUT2D eigenvalue weighted by Crippen LogP contribution is -2.41. The molecule has 0 spiro atoms. The Hall–Kier alpha value is -3.55. The van der Waals surface area contributed by atoms with Crippen molar-refractivity contribution in [1.29, 1.82) is 0 Å². The number of carbonyl (C=O) groups excluding carboxylic acids is 2. The fourth-order valence-corrected chi connectivity index (χ4v) is 6.17. The van der Waals surface area contributed by atoms with Gasteiger partial charge in [0, 0.05) is 42.8 Å². The number of halogens is 1. The molecule has 7 nitrogen and oxygen atoms in total. The van der Waals surface area contributed by atoms with Crippen molar-refractivity contribution in [2.45, 2.75) is 71.2 Å². The number of fused-ring (bicyclic) bond motifs is 1. The first-order valence-electron chi connectivity index (χ1n) is 14.7. The van der Waals surface area contributed by atoms with Crippen LogP contribution in [0, 0.1) is 0 Å². The lowest BCUT2D eigenvalue weighted by atomic mass is 9.86. The zero-order chi connectivity index (χ0) is 30.0. The van der Waals surface area contributed by atoms with E-state index in [0.717, 1.165) is 48.3 Å². The van der Waals surface area contributed by atoms with E-state index in [-0.39, 0.29) is 42.5 Å². The average Bonchev–Trinajstić information content (AvgIpc) is 3.44. The number of hydrogen-bond donors (Lipinski definition) is 1. The molecule has 2 amide bonds. The molecule has 2 heterocycles. The second-order valence-corrected chi connectivity index (χ2v) is 11.8. The Balaban J connectivity index is 1.50. The van der Waals surface area contributed by atoms with Gasteiger partial charge in [-0.05, 0) is 85.3 Å². The maximum absolute atomic E-state index is 13.9. The fraction of sp³-hybridized carbons (Fsp3) is 0.412. The summed E-state index contributed by atoms with van der Waals surface area (Å²) in [5.41, 5.74) is 4.90. The van der Waals surface area contributed by atoms with E-state index in [1.54, 1.807) is 14.0 Å². The van der Waals surface area contributed by atoms with Crippen molar-refractivity contribution in [1.82, 2.24) is 10.2 Å². The number of nitrogens with zero attached hydrogens (tertiary/aromatic N) is 2. The number of amides is 2. The van der Waals surface area contributed by atoms with Crippen LogP contribution < -0.4 is 19.7 Å². The molecule has 2 aliphatic rings.